The summed E-state index contributed by atoms with van der Waals surface area (Å²) in [5.74, 6) is 0. The molecule has 0 radical (unpaired) electrons. The van der Waals surface area contributed by atoms with Gasteiger partial charge in [-0.05, 0) is 0 Å². The van der Waals surface area contributed by atoms with Crippen LogP contribution in [-0.4, -0.2) is 11.3 Å². The molecule has 0 atom stereocenters. The Balaban J connectivity index is 3.17. The maximum absolute atomic E-state index is 4.83. The van der Waals surface area contributed by atoms with Crippen molar-refractivity contribution in [1.82, 2.24) is 0 Å². The molecule has 1 nitrogen and oxygen atoms in total. The van der Waals surface area contributed by atoms with Crippen LogP contribution in [0.5, 0.6) is 0 Å². The standard InChI is InChI=1S/CH3Br3OSi/c1-5-6(2,3)4/h1H3. The van der Waals surface area contributed by atoms with E-state index < -0.39 is 4.18 Å². The highest BCUT2D eigenvalue weighted by Gasteiger charge is 2.20. The maximum atomic E-state index is 4.83. The van der Waals surface area contributed by atoms with Gasteiger partial charge >= 0.3 is 4.18 Å². The molecule has 0 aliphatic rings. The SMILES string of the molecule is CO[Si](Br)(Br)Br. The number of halogens is 3. The zero-order valence-electron chi connectivity index (χ0n) is 3.04. The van der Waals surface area contributed by atoms with Gasteiger partial charge in [0.15, 0.2) is 0 Å². The predicted molar refractivity (Wildman–Crippen MR) is 39.5 cm³/mol. The lowest BCUT2D eigenvalue weighted by Gasteiger charge is -2.01. The molecule has 5 heteroatoms. The van der Waals surface area contributed by atoms with Crippen LogP contribution in [-0.2, 0) is 4.43 Å². The van der Waals surface area contributed by atoms with Gasteiger partial charge in [-0.1, -0.05) is 45.9 Å². The molecule has 0 heterocycles. The van der Waals surface area contributed by atoms with Crippen LogP contribution >= 0.6 is 45.9 Å². The Hall–Kier alpha value is 1.62. The third kappa shape index (κ3) is 5.62. The quantitative estimate of drug-likeness (QED) is 0.533. The Morgan fingerprint density at radius 3 is 1.50 bits per heavy atom. The van der Waals surface area contributed by atoms with Crippen LogP contribution in [0.3, 0.4) is 0 Å². The Bertz CT molecular complexity index is 40.5. The van der Waals surface area contributed by atoms with Crippen molar-refractivity contribution in [2.75, 3.05) is 7.11 Å². The van der Waals surface area contributed by atoms with Crippen LogP contribution in [0.2, 0.25) is 0 Å². The number of hydrogen-bond donors (Lipinski definition) is 0. The topological polar surface area (TPSA) is 9.23 Å². The van der Waals surface area contributed by atoms with E-state index in [1.807, 2.05) is 0 Å². The van der Waals surface area contributed by atoms with Gasteiger partial charge in [0.1, 0.15) is 0 Å². The molecule has 0 amide bonds. The van der Waals surface area contributed by atoms with Gasteiger partial charge in [0.05, 0.1) is 0 Å². The normalized spacial score (nSPS) is 12.0. The van der Waals surface area contributed by atoms with Crippen molar-refractivity contribution in [2.45, 2.75) is 0 Å². The molecule has 0 unspecified atom stereocenters. The monoisotopic (exact) mass is 296 g/mol. The van der Waals surface area contributed by atoms with Crippen molar-refractivity contribution in [3.8, 4) is 0 Å². The van der Waals surface area contributed by atoms with Gasteiger partial charge < -0.3 is 4.43 Å². The van der Waals surface area contributed by atoms with Crippen molar-refractivity contribution < 1.29 is 4.43 Å². The highest BCUT2D eigenvalue weighted by molar-refractivity contribution is 9.71. The maximum Gasteiger partial charge on any atom is 0.409 e. The third-order valence-electron chi connectivity index (χ3n) is 0.231. The van der Waals surface area contributed by atoms with Crippen LogP contribution < -0.4 is 0 Å². The molecule has 0 aliphatic heterocycles. The molecule has 0 rings (SSSR count). The van der Waals surface area contributed by atoms with E-state index in [1.54, 1.807) is 7.11 Å². The molecule has 0 N–H and O–H groups in total. The molecule has 0 aliphatic carbocycles. The smallest absolute Gasteiger partial charge is 0.394 e. The van der Waals surface area contributed by atoms with E-state index in [-0.39, 0.29) is 0 Å². The minimum absolute atomic E-state index is 1.63. The van der Waals surface area contributed by atoms with Crippen LogP contribution in [0.25, 0.3) is 0 Å². The Morgan fingerprint density at radius 2 is 1.50 bits per heavy atom. The summed E-state index contributed by atoms with van der Waals surface area (Å²) in [6.07, 6.45) is 0. The van der Waals surface area contributed by atoms with Crippen LogP contribution in [0.4, 0.5) is 0 Å². The van der Waals surface area contributed by atoms with E-state index in [4.69, 9.17) is 4.43 Å². The summed E-state index contributed by atoms with van der Waals surface area (Å²) in [6.45, 7) is 0. The van der Waals surface area contributed by atoms with Gasteiger partial charge in [-0.3, -0.25) is 0 Å². The molecule has 0 fully saturated rings. The Morgan fingerprint density at radius 1 is 1.33 bits per heavy atom. The Labute approximate surface area is 61.3 Å². The van der Waals surface area contributed by atoms with E-state index in [2.05, 4.69) is 45.9 Å². The minimum atomic E-state index is -1.69. The average molecular weight is 299 g/mol. The molecule has 0 aromatic rings. The second-order valence-corrected chi connectivity index (χ2v) is 21.6. The van der Waals surface area contributed by atoms with Crippen molar-refractivity contribution in [3.05, 3.63) is 0 Å². The lowest BCUT2D eigenvalue weighted by molar-refractivity contribution is 0.449. The van der Waals surface area contributed by atoms with Crippen molar-refractivity contribution in [3.63, 3.8) is 0 Å². The van der Waals surface area contributed by atoms with Gasteiger partial charge in [0.25, 0.3) is 0 Å². The lowest BCUT2D eigenvalue weighted by Crippen LogP contribution is -2.08. The summed E-state index contributed by atoms with van der Waals surface area (Å²) >= 11 is 9.68. The molecule has 0 aromatic carbocycles. The van der Waals surface area contributed by atoms with Gasteiger partial charge in [0.2, 0.25) is 0 Å². The van der Waals surface area contributed by atoms with Gasteiger partial charge in [-0.25, -0.2) is 0 Å². The molecular weight excluding hydrogens is 296 g/mol. The van der Waals surface area contributed by atoms with E-state index in [0.717, 1.165) is 0 Å². The summed E-state index contributed by atoms with van der Waals surface area (Å²) in [5.41, 5.74) is 0. The minimum Gasteiger partial charge on any atom is -0.394 e. The first-order valence-corrected chi connectivity index (χ1v) is 9.86. The third-order valence-corrected chi connectivity index (χ3v) is 3.61. The van der Waals surface area contributed by atoms with E-state index in [9.17, 15) is 0 Å². The summed E-state index contributed by atoms with van der Waals surface area (Å²) in [5, 5.41) is 0. The zero-order chi connectivity index (χ0) is 5.21. The molecule has 0 bridgehead atoms. The molecule has 0 saturated heterocycles. The van der Waals surface area contributed by atoms with Crippen LogP contribution in [0.15, 0.2) is 0 Å². The summed E-state index contributed by atoms with van der Waals surface area (Å²) in [6, 6.07) is 0. The second-order valence-electron chi connectivity index (χ2n) is 0.650. The predicted octanol–water partition coefficient (Wildman–Crippen LogP) is 2.25. The van der Waals surface area contributed by atoms with Crippen molar-refractivity contribution in [1.29, 1.82) is 0 Å². The fraction of sp³-hybridized carbons (Fsp3) is 1.00. The summed E-state index contributed by atoms with van der Waals surface area (Å²) in [4.78, 5) is 0. The molecule has 0 aromatic heterocycles. The zero-order valence-corrected chi connectivity index (χ0v) is 8.80. The first-order chi connectivity index (χ1) is 2.56. The lowest BCUT2D eigenvalue weighted by atomic mass is 11.8. The number of rotatable bonds is 1. The molecule has 38 valence electrons. The highest BCUT2D eigenvalue weighted by atomic mass is 80.0. The van der Waals surface area contributed by atoms with Gasteiger partial charge in [-0.15, -0.1) is 0 Å². The van der Waals surface area contributed by atoms with Gasteiger partial charge in [-0.2, -0.15) is 0 Å². The fourth-order valence-electron chi connectivity index (χ4n) is 0. The molecule has 6 heavy (non-hydrogen) atoms. The first-order valence-electron chi connectivity index (χ1n) is 1.18. The van der Waals surface area contributed by atoms with Gasteiger partial charge in [0, 0.05) is 7.11 Å². The Kier molecular flexibility index (Phi) is 3.57. The van der Waals surface area contributed by atoms with Crippen LogP contribution in [0, 0.1) is 0 Å². The van der Waals surface area contributed by atoms with E-state index in [0.29, 0.717) is 0 Å². The average Bonchev–Trinajstić information content (AvgIpc) is 1.35. The second kappa shape index (κ2) is 2.81. The van der Waals surface area contributed by atoms with Crippen molar-refractivity contribution in [2.24, 2.45) is 0 Å². The molecule has 0 spiro atoms. The molecule has 0 saturated carbocycles. The first kappa shape index (κ1) is 7.62. The van der Waals surface area contributed by atoms with E-state index in [1.165, 1.54) is 0 Å². The highest BCUT2D eigenvalue weighted by Crippen LogP contribution is 2.26. The summed E-state index contributed by atoms with van der Waals surface area (Å²) in [7, 11) is 1.63. The number of hydrogen-bond acceptors (Lipinski definition) is 1. The van der Waals surface area contributed by atoms with E-state index >= 15 is 0 Å². The fourth-order valence-corrected chi connectivity index (χ4v) is 0. The largest absolute Gasteiger partial charge is 0.409 e. The van der Waals surface area contributed by atoms with Crippen LogP contribution in [0.1, 0.15) is 0 Å². The summed E-state index contributed by atoms with van der Waals surface area (Å²) < 4.78 is 3.13. The van der Waals surface area contributed by atoms with Crippen molar-refractivity contribution >= 4 is 50.1 Å². The molecular formula is CH3Br3OSi.